The Balaban J connectivity index is 2.15. The van der Waals surface area contributed by atoms with E-state index in [2.05, 4.69) is 0 Å². The van der Waals surface area contributed by atoms with Crippen molar-refractivity contribution < 1.29 is 14.6 Å². The van der Waals surface area contributed by atoms with Crippen molar-refractivity contribution in [3.63, 3.8) is 0 Å². The molecule has 0 spiro atoms. The molecule has 18 heavy (non-hydrogen) atoms. The van der Waals surface area contributed by atoms with Crippen LogP contribution in [0.1, 0.15) is 6.92 Å². The van der Waals surface area contributed by atoms with Gasteiger partial charge in [0, 0.05) is 0 Å². The van der Waals surface area contributed by atoms with Gasteiger partial charge in [-0.1, -0.05) is 24.3 Å². The molecule has 2 aromatic carbocycles. The molecule has 0 saturated heterocycles. The van der Waals surface area contributed by atoms with Crippen molar-refractivity contribution in [3.8, 4) is 22.6 Å². The molecule has 3 heteroatoms. The van der Waals surface area contributed by atoms with Crippen molar-refractivity contribution in [2.24, 2.45) is 0 Å². The van der Waals surface area contributed by atoms with Gasteiger partial charge in [0.2, 0.25) is 0 Å². The molecule has 1 N–H and O–H groups in total. The predicted octanol–water partition coefficient (Wildman–Crippen LogP) is 3.08. The van der Waals surface area contributed by atoms with Crippen LogP contribution in [0.4, 0.5) is 0 Å². The van der Waals surface area contributed by atoms with E-state index in [-0.39, 0.29) is 6.79 Å². The first kappa shape index (κ1) is 12.5. The highest BCUT2D eigenvalue weighted by Gasteiger charge is 1.99. The molecule has 0 aliphatic carbocycles. The van der Waals surface area contributed by atoms with Gasteiger partial charge in [-0.15, -0.1) is 0 Å². The van der Waals surface area contributed by atoms with E-state index >= 15 is 0 Å². The average molecular weight is 244 g/mol. The van der Waals surface area contributed by atoms with Crippen LogP contribution in [-0.4, -0.2) is 18.5 Å². The summed E-state index contributed by atoms with van der Waals surface area (Å²) in [5.41, 5.74) is 2.22. The lowest BCUT2D eigenvalue weighted by Crippen LogP contribution is -1.94. The van der Waals surface area contributed by atoms with Crippen molar-refractivity contribution in [3.05, 3.63) is 48.5 Å². The number of aliphatic hydroxyl groups is 1. The fourth-order valence-electron chi connectivity index (χ4n) is 1.73. The van der Waals surface area contributed by atoms with Crippen molar-refractivity contribution in [1.82, 2.24) is 0 Å². The quantitative estimate of drug-likeness (QED) is 0.821. The average Bonchev–Trinajstić information content (AvgIpc) is 2.41. The van der Waals surface area contributed by atoms with Gasteiger partial charge < -0.3 is 14.6 Å². The first-order chi connectivity index (χ1) is 8.83. The third-order valence-electron chi connectivity index (χ3n) is 2.58. The van der Waals surface area contributed by atoms with Gasteiger partial charge in [0.1, 0.15) is 11.5 Å². The number of benzene rings is 2. The normalized spacial score (nSPS) is 10.1. The van der Waals surface area contributed by atoms with E-state index in [1.54, 1.807) is 0 Å². The summed E-state index contributed by atoms with van der Waals surface area (Å²) in [6, 6.07) is 15.5. The predicted molar refractivity (Wildman–Crippen MR) is 70.8 cm³/mol. The van der Waals surface area contributed by atoms with E-state index in [1.165, 1.54) is 0 Å². The first-order valence-electron chi connectivity index (χ1n) is 5.90. The Morgan fingerprint density at radius 3 is 1.61 bits per heavy atom. The monoisotopic (exact) mass is 244 g/mol. The summed E-state index contributed by atoms with van der Waals surface area (Å²) in [4.78, 5) is 0. The summed E-state index contributed by atoms with van der Waals surface area (Å²) >= 11 is 0. The van der Waals surface area contributed by atoms with Crippen LogP contribution >= 0.6 is 0 Å². The SMILES string of the molecule is CCOc1ccc(-c2ccc(OCO)cc2)cc1. The molecule has 0 saturated carbocycles. The molecule has 0 unspecified atom stereocenters. The Labute approximate surface area is 107 Å². The molecule has 0 radical (unpaired) electrons. The molecule has 0 bridgehead atoms. The number of hydrogen-bond acceptors (Lipinski definition) is 3. The zero-order valence-electron chi connectivity index (χ0n) is 10.3. The van der Waals surface area contributed by atoms with Crippen molar-refractivity contribution in [2.45, 2.75) is 6.92 Å². The third-order valence-corrected chi connectivity index (χ3v) is 2.58. The molecule has 0 aliphatic rings. The van der Waals surface area contributed by atoms with Crippen LogP contribution in [-0.2, 0) is 0 Å². The van der Waals surface area contributed by atoms with Gasteiger partial charge in [-0.2, -0.15) is 0 Å². The number of aliphatic hydroxyl groups excluding tert-OH is 1. The topological polar surface area (TPSA) is 38.7 Å². The largest absolute Gasteiger partial charge is 0.494 e. The molecule has 0 heterocycles. The van der Waals surface area contributed by atoms with Gasteiger partial charge in [-0.25, -0.2) is 0 Å². The van der Waals surface area contributed by atoms with E-state index in [9.17, 15) is 0 Å². The molecular formula is C15H16O3. The summed E-state index contributed by atoms with van der Waals surface area (Å²) in [5, 5.41) is 8.65. The Morgan fingerprint density at radius 1 is 0.778 bits per heavy atom. The molecule has 0 aromatic heterocycles. The Bertz CT molecular complexity index is 427. The molecule has 2 rings (SSSR count). The minimum absolute atomic E-state index is 0.303. The molecular weight excluding hydrogens is 228 g/mol. The second-order valence-corrected chi connectivity index (χ2v) is 3.76. The van der Waals surface area contributed by atoms with Crippen molar-refractivity contribution in [2.75, 3.05) is 13.4 Å². The highest BCUT2D eigenvalue weighted by Crippen LogP contribution is 2.24. The van der Waals surface area contributed by atoms with E-state index in [4.69, 9.17) is 14.6 Å². The molecule has 0 atom stereocenters. The van der Waals surface area contributed by atoms with E-state index in [0.717, 1.165) is 16.9 Å². The summed E-state index contributed by atoms with van der Waals surface area (Å²) < 4.78 is 10.4. The van der Waals surface area contributed by atoms with E-state index in [0.29, 0.717) is 12.4 Å². The van der Waals surface area contributed by atoms with Gasteiger partial charge in [-0.3, -0.25) is 0 Å². The van der Waals surface area contributed by atoms with E-state index < -0.39 is 0 Å². The number of hydrogen-bond donors (Lipinski definition) is 1. The van der Waals surface area contributed by atoms with Gasteiger partial charge in [0.25, 0.3) is 0 Å². The van der Waals surface area contributed by atoms with Crippen LogP contribution in [0.3, 0.4) is 0 Å². The van der Waals surface area contributed by atoms with Crippen LogP contribution in [0.25, 0.3) is 11.1 Å². The summed E-state index contributed by atoms with van der Waals surface area (Å²) in [7, 11) is 0. The second-order valence-electron chi connectivity index (χ2n) is 3.76. The zero-order chi connectivity index (χ0) is 12.8. The van der Waals surface area contributed by atoms with Crippen LogP contribution in [0.5, 0.6) is 11.5 Å². The second kappa shape index (κ2) is 6.07. The zero-order valence-corrected chi connectivity index (χ0v) is 10.3. The van der Waals surface area contributed by atoms with Crippen LogP contribution in [0, 0.1) is 0 Å². The minimum atomic E-state index is -0.303. The fraction of sp³-hybridized carbons (Fsp3) is 0.200. The van der Waals surface area contributed by atoms with Gasteiger partial charge in [-0.05, 0) is 42.3 Å². The standard InChI is InChI=1S/C15H16O3/c1-2-17-14-7-3-12(4-8-14)13-5-9-15(10-6-13)18-11-16/h3-10,16H,2,11H2,1H3. The maximum atomic E-state index is 8.65. The fourth-order valence-corrected chi connectivity index (χ4v) is 1.73. The number of ether oxygens (including phenoxy) is 2. The lowest BCUT2D eigenvalue weighted by atomic mass is 10.1. The van der Waals surface area contributed by atoms with E-state index in [1.807, 2.05) is 55.5 Å². The highest BCUT2D eigenvalue weighted by molar-refractivity contribution is 5.64. The lowest BCUT2D eigenvalue weighted by Gasteiger charge is -2.06. The summed E-state index contributed by atoms with van der Waals surface area (Å²) in [5.74, 6) is 1.54. The molecule has 0 aliphatic heterocycles. The molecule has 3 nitrogen and oxygen atoms in total. The molecule has 94 valence electrons. The summed E-state index contributed by atoms with van der Waals surface area (Å²) in [6.07, 6.45) is 0. The van der Waals surface area contributed by atoms with Crippen LogP contribution in [0.15, 0.2) is 48.5 Å². The molecule has 2 aromatic rings. The maximum absolute atomic E-state index is 8.65. The van der Waals surface area contributed by atoms with Crippen LogP contribution < -0.4 is 9.47 Å². The summed E-state index contributed by atoms with van der Waals surface area (Å²) in [6.45, 7) is 2.34. The first-order valence-corrected chi connectivity index (χ1v) is 5.90. The smallest absolute Gasteiger partial charge is 0.186 e. The van der Waals surface area contributed by atoms with Crippen molar-refractivity contribution in [1.29, 1.82) is 0 Å². The van der Waals surface area contributed by atoms with Gasteiger partial charge in [0.05, 0.1) is 6.61 Å². The maximum Gasteiger partial charge on any atom is 0.186 e. The van der Waals surface area contributed by atoms with Crippen molar-refractivity contribution >= 4 is 0 Å². The lowest BCUT2D eigenvalue weighted by molar-refractivity contribution is 0.0985. The van der Waals surface area contributed by atoms with Gasteiger partial charge >= 0.3 is 0 Å². The number of rotatable bonds is 5. The third kappa shape index (κ3) is 3.02. The minimum Gasteiger partial charge on any atom is -0.494 e. The Hall–Kier alpha value is -2.00. The van der Waals surface area contributed by atoms with Gasteiger partial charge in [0.15, 0.2) is 6.79 Å². The Kier molecular flexibility index (Phi) is 4.20. The molecule has 0 amide bonds. The molecule has 0 fully saturated rings. The van der Waals surface area contributed by atoms with Crippen LogP contribution in [0.2, 0.25) is 0 Å². The highest BCUT2D eigenvalue weighted by atomic mass is 16.6. The Morgan fingerprint density at radius 2 is 1.22 bits per heavy atom.